The molecule has 0 aliphatic rings. The first-order valence-electron chi connectivity index (χ1n) is 8.18. The topological polar surface area (TPSA) is 47.6 Å². The smallest absolute Gasteiger partial charge is 0.255 e. The van der Waals surface area contributed by atoms with Crippen LogP contribution in [0.1, 0.15) is 15.9 Å². The van der Waals surface area contributed by atoms with E-state index in [2.05, 4.69) is 5.32 Å². The fraction of sp³-hybridized carbons (Fsp3) is 0.0952. The minimum absolute atomic E-state index is 0.217. The van der Waals surface area contributed by atoms with Crippen molar-refractivity contribution in [3.8, 4) is 11.5 Å². The molecular weight excluding hydrogens is 385 g/mol. The van der Waals surface area contributed by atoms with Crippen LogP contribution in [0, 0.1) is 0 Å². The lowest BCUT2D eigenvalue weighted by Gasteiger charge is -2.13. The van der Waals surface area contributed by atoms with E-state index in [0.29, 0.717) is 32.8 Å². The van der Waals surface area contributed by atoms with Crippen molar-refractivity contribution in [1.82, 2.24) is 0 Å². The number of ether oxygens (including phenoxy) is 2. The van der Waals surface area contributed by atoms with Gasteiger partial charge in [-0.25, -0.2) is 0 Å². The lowest BCUT2D eigenvalue weighted by Crippen LogP contribution is -2.12. The number of hydrogen-bond donors (Lipinski definition) is 1. The number of methoxy groups -OCH3 is 1. The van der Waals surface area contributed by atoms with E-state index < -0.39 is 0 Å². The van der Waals surface area contributed by atoms with Crippen LogP contribution in [-0.4, -0.2) is 13.0 Å². The highest BCUT2D eigenvalue weighted by molar-refractivity contribution is 6.32. The number of amides is 1. The van der Waals surface area contributed by atoms with Gasteiger partial charge in [-0.3, -0.25) is 4.79 Å². The summed E-state index contributed by atoms with van der Waals surface area (Å²) in [7, 11) is 1.57. The fourth-order valence-corrected chi connectivity index (χ4v) is 2.80. The standard InChI is InChI=1S/C21H17Cl2NO3/c1-26-19-11-6-14(21(25)24-17-9-7-16(22)8-10-17)12-15(19)13-27-20-5-3-2-4-18(20)23/h2-12H,13H2,1H3,(H,24,25). The quantitative estimate of drug-likeness (QED) is 0.564. The van der Waals surface area contributed by atoms with Crippen molar-refractivity contribution in [2.75, 3.05) is 12.4 Å². The van der Waals surface area contributed by atoms with Gasteiger partial charge in [0.1, 0.15) is 18.1 Å². The summed E-state index contributed by atoms with van der Waals surface area (Å²) in [6.07, 6.45) is 0. The lowest BCUT2D eigenvalue weighted by atomic mass is 10.1. The Bertz CT molecular complexity index is 942. The third kappa shape index (κ3) is 4.94. The number of benzene rings is 3. The molecule has 0 saturated heterocycles. The Morgan fingerprint density at radius 2 is 1.70 bits per heavy atom. The third-order valence-corrected chi connectivity index (χ3v) is 4.43. The second-order valence-electron chi connectivity index (χ2n) is 5.71. The van der Waals surface area contributed by atoms with Crippen LogP contribution in [0.15, 0.2) is 66.7 Å². The molecule has 3 rings (SSSR count). The van der Waals surface area contributed by atoms with Gasteiger partial charge in [0, 0.05) is 21.8 Å². The largest absolute Gasteiger partial charge is 0.496 e. The van der Waals surface area contributed by atoms with Gasteiger partial charge >= 0.3 is 0 Å². The van der Waals surface area contributed by atoms with Gasteiger partial charge in [0.25, 0.3) is 5.91 Å². The molecule has 0 heterocycles. The first kappa shape index (κ1) is 19.1. The molecule has 0 bridgehead atoms. The van der Waals surface area contributed by atoms with Crippen molar-refractivity contribution < 1.29 is 14.3 Å². The zero-order valence-corrected chi connectivity index (χ0v) is 16.1. The molecule has 0 aliphatic carbocycles. The average Bonchev–Trinajstić information content (AvgIpc) is 2.69. The summed E-state index contributed by atoms with van der Waals surface area (Å²) < 4.78 is 11.1. The molecule has 0 spiro atoms. The fourth-order valence-electron chi connectivity index (χ4n) is 2.49. The Morgan fingerprint density at radius 3 is 2.41 bits per heavy atom. The molecule has 6 heteroatoms. The summed E-state index contributed by atoms with van der Waals surface area (Å²) in [6.45, 7) is 0.217. The average molecular weight is 402 g/mol. The van der Waals surface area contributed by atoms with Gasteiger partial charge in [0.05, 0.1) is 12.1 Å². The van der Waals surface area contributed by atoms with Crippen LogP contribution >= 0.6 is 23.2 Å². The first-order chi connectivity index (χ1) is 13.1. The molecule has 0 radical (unpaired) electrons. The third-order valence-electron chi connectivity index (χ3n) is 3.86. The highest BCUT2D eigenvalue weighted by Gasteiger charge is 2.12. The summed E-state index contributed by atoms with van der Waals surface area (Å²) in [5, 5.41) is 3.96. The summed E-state index contributed by atoms with van der Waals surface area (Å²) in [4.78, 5) is 12.5. The van der Waals surface area contributed by atoms with E-state index in [1.807, 2.05) is 12.1 Å². The summed E-state index contributed by atoms with van der Waals surface area (Å²) in [6, 6.07) is 19.3. The molecule has 27 heavy (non-hydrogen) atoms. The normalized spacial score (nSPS) is 10.3. The molecule has 0 saturated carbocycles. The Hall–Kier alpha value is -2.69. The molecule has 138 valence electrons. The Labute approximate surface area is 167 Å². The van der Waals surface area contributed by atoms with Crippen LogP contribution in [0.4, 0.5) is 5.69 Å². The second-order valence-corrected chi connectivity index (χ2v) is 6.55. The lowest BCUT2D eigenvalue weighted by molar-refractivity contribution is 0.102. The zero-order valence-electron chi connectivity index (χ0n) is 14.5. The maximum atomic E-state index is 12.5. The molecule has 0 aromatic heterocycles. The highest BCUT2D eigenvalue weighted by atomic mass is 35.5. The van der Waals surface area contributed by atoms with Crippen molar-refractivity contribution in [2.45, 2.75) is 6.61 Å². The van der Waals surface area contributed by atoms with E-state index in [1.54, 1.807) is 61.7 Å². The molecule has 0 aliphatic heterocycles. The Morgan fingerprint density at radius 1 is 0.963 bits per heavy atom. The van der Waals surface area contributed by atoms with Crippen LogP contribution < -0.4 is 14.8 Å². The van der Waals surface area contributed by atoms with Gasteiger partial charge in [-0.2, -0.15) is 0 Å². The van der Waals surface area contributed by atoms with Crippen molar-refractivity contribution in [1.29, 1.82) is 0 Å². The number of rotatable bonds is 6. The predicted octanol–water partition coefficient (Wildman–Crippen LogP) is 5.83. The molecule has 3 aromatic rings. The molecule has 1 amide bonds. The number of anilines is 1. The number of carbonyl (C=O) groups excluding carboxylic acids is 1. The van der Waals surface area contributed by atoms with E-state index in [9.17, 15) is 4.79 Å². The molecule has 0 atom stereocenters. The van der Waals surface area contributed by atoms with Gasteiger partial charge in [-0.05, 0) is 54.6 Å². The van der Waals surface area contributed by atoms with Crippen LogP contribution in [0.25, 0.3) is 0 Å². The molecule has 0 unspecified atom stereocenters. The summed E-state index contributed by atoms with van der Waals surface area (Å²) >= 11 is 12.0. The molecule has 1 N–H and O–H groups in total. The number of para-hydroxylation sites is 1. The monoisotopic (exact) mass is 401 g/mol. The van der Waals surface area contributed by atoms with Gasteiger partial charge in [-0.1, -0.05) is 35.3 Å². The van der Waals surface area contributed by atoms with Gasteiger partial charge < -0.3 is 14.8 Å². The number of halogens is 2. The van der Waals surface area contributed by atoms with Crippen LogP contribution in [0.5, 0.6) is 11.5 Å². The number of hydrogen-bond acceptors (Lipinski definition) is 3. The van der Waals surface area contributed by atoms with Crippen LogP contribution in [0.2, 0.25) is 10.0 Å². The highest BCUT2D eigenvalue weighted by Crippen LogP contribution is 2.27. The van der Waals surface area contributed by atoms with Crippen LogP contribution in [0.3, 0.4) is 0 Å². The van der Waals surface area contributed by atoms with Crippen molar-refractivity contribution >= 4 is 34.8 Å². The predicted molar refractivity (Wildman–Crippen MR) is 108 cm³/mol. The van der Waals surface area contributed by atoms with E-state index in [1.165, 1.54) is 0 Å². The maximum absolute atomic E-state index is 12.5. The van der Waals surface area contributed by atoms with Gasteiger partial charge in [-0.15, -0.1) is 0 Å². The molecule has 0 fully saturated rings. The van der Waals surface area contributed by atoms with Crippen LogP contribution in [-0.2, 0) is 6.61 Å². The maximum Gasteiger partial charge on any atom is 0.255 e. The van der Waals surface area contributed by atoms with Gasteiger partial charge in [0.15, 0.2) is 0 Å². The summed E-state index contributed by atoms with van der Waals surface area (Å²) in [5.41, 5.74) is 1.89. The van der Waals surface area contributed by atoms with E-state index in [0.717, 1.165) is 5.56 Å². The van der Waals surface area contributed by atoms with Gasteiger partial charge in [0.2, 0.25) is 0 Å². The Balaban J connectivity index is 1.77. The van der Waals surface area contributed by atoms with Crippen molar-refractivity contribution in [2.24, 2.45) is 0 Å². The van der Waals surface area contributed by atoms with Crippen molar-refractivity contribution in [3.63, 3.8) is 0 Å². The molecular formula is C21H17Cl2NO3. The number of carbonyl (C=O) groups is 1. The summed E-state index contributed by atoms with van der Waals surface area (Å²) in [5.74, 6) is 0.960. The Kier molecular flexibility index (Phi) is 6.22. The SMILES string of the molecule is COc1ccc(C(=O)Nc2ccc(Cl)cc2)cc1COc1ccccc1Cl. The van der Waals surface area contributed by atoms with E-state index in [4.69, 9.17) is 32.7 Å². The minimum Gasteiger partial charge on any atom is -0.496 e. The second kappa shape index (κ2) is 8.80. The van der Waals surface area contributed by atoms with E-state index >= 15 is 0 Å². The van der Waals surface area contributed by atoms with Crippen molar-refractivity contribution in [3.05, 3.63) is 87.9 Å². The molecule has 4 nitrogen and oxygen atoms in total. The zero-order chi connectivity index (χ0) is 19.2. The number of nitrogens with one attached hydrogen (secondary N) is 1. The first-order valence-corrected chi connectivity index (χ1v) is 8.93. The molecule has 3 aromatic carbocycles. The van der Waals surface area contributed by atoms with E-state index in [-0.39, 0.29) is 12.5 Å². The minimum atomic E-state index is -0.237.